The van der Waals surface area contributed by atoms with Gasteiger partial charge < -0.3 is 14.8 Å². The Balaban J connectivity index is 2.18. The van der Waals surface area contributed by atoms with Crippen LogP contribution in [-0.4, -0.2) is 41.6 Å². The Bertz CT molecular complexity index is 450. The van der Waals surface area contributed by atoms with E-state index in [2.05, 4.69) is 35.1 Å². The lowest BCUT2D eigenvalue weighted by Gasteiger charge is -2.32. The second-order valence-electron chi connectivity index (χ2n) is 5.46. The molecule has 19 heavy (non-hydrogen) atoms. The Hall–Kier alpha value is -0.810. The third-order valence-corrected chi connectivity index (χ3v) is 4.16. The summed E-state index contributed by atoms with van der Waals surface area (Å²) in [5.41, 5.74) is 0.759. The van der Waals surface area contributed by atoms with Gasteiger partial charge in [-0.25, -0.2) is 0 Å². The summed E-state index contributed by atoms with van der Waals surface area (Å²) in [4.78, 5) is 14.5. The van der Waals surface area contributed by atoms with Gasteiger partial charge in [0.15, 0.2) is 0 Å². The summed E-state index contributed by atoms with van der Waals surface area (Å²) in [5, 5.41) is 3.35. The molecule has 0 bridgehead atoms. The molecule has 2 heterocycles. The van der Waals surface area contributed by atoms with Crippen molar-refractivity contribution >= 4 is 21.8 Å². The topological polar surface area (TPSA) is 37.3 Å². The molecule has 1 aromatic rings. The summed E-state index contributed by atoms with van der Waals surface area (Å²) < 4.78 is 2.99. The summed E-state index contributed by atoms with van der Waals surface area (Å²) >= 11 is 3.46. The van der Waals surface area contributed by atoms with Crippen LogP contribution in [-0.2, 0) is 0 Å². The second-order valence-corrected chi connectivity index (χ2v) is 6.38. The maximum atomic E-state index is 12.6. The molecule has 106 valence electrons. The van der Waals surface area contributed by atoms with Crippen molar-refractivity contribution in [3.8, 4) is 0 Å². The van der Waals surface area contributed by atoms with Crippen LogP contribution in [0.1, 0.15) is 43.2 Å². The monoisotopic (exact) mass is 327 g/mol. The first-order chi connectivity index (χ1) is 9.00. The van der Waals surface area contributed by atoms with Crippen LogP contribution in [0, 0.1) is 0 Å². The summed E-state index contributed by atoms with van der Waals surface area (Å²) in [7, 11) is 1.91. The molecule has 0 saturated carbocycles. The van der Waals surface area contributed by atoms with E-state index in [4.69, 9.17) is 0 Å². The third kappa shape index (κ3) is 3.20. The summed E-state index contributed by atoms with van der Waals surface area (Å²) in [6.45, 7) is 6.13. The maximum Gasteiger partial charge on any atom is 0.270 e. The number of aromatic nitrogens is 1. The van der Waals surface area contributed by atoms with Crippen LogP contribution in [0.5, 0.6) is 0 Å². The van der Waals surface area contributed by atoms with Gasteiger partial charge in [0.05, 0.1) is 0 Å². The van der Waals surface area contributed by atoms with Crippen molar-refractivity contribution in [3.63, 3.8) is 0 Å². The summed E-state index contributed by atoms with van der Waals surface area (Å²) in [6.07, 6.45) is 4.20. The average molecular weight is 328 g/mol. The number of hydrogen-bond donors (Lipinski definition) is 1. The number of amides is 1. The fourth-order valence-corrected chi connectivity index (χ4v) is 2.99. The van der Waals surface area contributed by atoms with E-state index in [9.17, 15) is 4.79 Å². The minimum absolute atomic E-state index is 0.105. The van der Waals surface area contributed by atoms with Gasteiger partial charge in [0, 0.05) is 36.3 Å². The average Bonchev–Trinajstić information content (AvgIpc) is 2.80. The van der Waals surface area contributed by atoms with E-state index in [1.54, 1.807) is 0 Å². The lowest BCUT2D eigenvalue weighted by Crippen LogP contribution is -2.47. The predicted octanol–water partition coefficient (Wildman–Crippen LogP) is 2.66. The van der Waals surface area contributed by atoms with Crippen LogP contribution in [0.25, 0.3) is 0 Å². The molecule has 1 unspecified atom stereocenters. The zero-order valence-corrected chi connectivity index (χ0v) is 13.4. The molecule has 4 nitrogen and oxygen atoms in total. The van der Waals surface area contributed by atoms with Crippen molar-refractivity contribution < 1.29 is 4.79 Å². The van der Waals surface area contributed by atoms with Gasteiger partial charge in [-0.2, -0.15) is 0 Å². The van der Waals surface area contributed by atoms with Gasteiger partial charge in [0.25, 0.3) is 5.91 Å². The third-order valence-electron chi connectivity index (χ3n) is 3.73. The normalized spacial score (nSPS) is 19.7. The van der Waals surface area contributed by atoms with Crippen molar-refractivity contribution in [1.82, 2.24) is 14.8 Å². The first-order valence-corrected chi connectivity index (χ1v) is 7.65. The van der Waals surface area contributed by atoms with Crippen molar-refractivity contribution in [2.24, 2.45) is 0 Å². The molecule has 2 rings (SSSR count). The molecule has 1 atom stereocenters. The molecular formula is C14H22BrN3O. The minimum atomic E-state index is 0.105. The molecule has 1 saturated heterocycles. The number of likely N-dealkylation sites (N-methyl/N-ethyl adjacent to an activating group) is 1. The Labute approximate surface area is 123 Å². The Morgan fingerprint density at radius 3 is 2.89 bits per heavy atom. The van der Waals surface area contributed by atoms with Crippen molar-refractivity contribution in [3.05, 3.63) is 22.4 Å². The summed E-state index contributed by atoms with van der Waals surface area (Å²) in [6, 6.07) is 2.49. The van der Waals surface area contributed by atoms with Gasteiger partial charge >= 0.3 is 0 Å². The maximum absolute atomic E-state index is 12.6. The molecule has 1 N–H and O–H groups in total. The van der Waals surface area contributed by atoms with Crippen LogP contribution < -0.4 is 5.32 Å². The highest BCUT2D eigenvalue weighted by Gasteiger charge is 2.25. The van der Waals surface area contributed by atoms with Gasteiger partial charge in [-0.05, 0) is 55.2 Å². The number of nitrogens with zero attached hydrogens (tertiary/aromatic N) is 2. The standard InChI is InChI=1S/C14H22BrN3O/c1-10(2)18-9-11(15)7-13(18)14(19)17(3)12-5-4-6-16-8-12/h7,9-10,12,16H,4-6,8H2,1-3H3. The Kier molecular flexibility index (Phi) is 4.68. The SMILES string of the molecule is CC(C)n1cc(Br)cc1C(=O)N(C)C1CCCNC1. The van der Waals surface area contributed by atoms with E-state index in [1.807, 2.05) is 28.8 Å². The van der Waals surface area contributed by atoms with Crippen LogP contribution in [0.3, 0.4) is 0 Å². The molecule has 1 fully saturated rings. The van der Waals surface area contributed by atoms with Crippen LogP contribution in [0.2, 0.25) is 0 Å². The van der Waals surface area contributed by atoms with Gasteiger partial charge in [0.1, 0.15) is 5.69 Å². The summed E-state index contributed by atoms with van der Waals surface area (Å²) in [5.74, 6) is 0.105. The number of hydrogen-bond acceptors (Lipinski definition) is 2. The van der Waals surface area contributed by atoms with E-state index in [1.165, 1.54) is 0 Å². The van der Waals surface area contributed by atoms with Gasteiger partial charge in [0.2, 0.25) is 0 Å². The Morgan fingerprint density at radius 2 is 2.32 bits per heavy atom. The Morgan fingerprint density at radius 1 is 1.58 bits per heavy atom. The number of nitrogens with one attached hydrogen (secondary N) is 1. The smallest absolute Gasteiger partial charge is 0.270 e. The van der Waals surface area contributed by atoms with E-state index in [0.717, 1.165) is 36.1 Å². The lowest BCUT2D eigenvalue weighted by atomic mass is 10.1. The highest BCUT2D eigenvalue weighted by atomic mass is 79.9. The molecule has 1 amide bonds. The fraction of sp³-hybridized carbons (Fsp3) is 0.643. The molecule has 0 radical (unpaired) electrons. The number of halogens is 1. The second kappa shape index (κ2) is 6.09. The highest BCUT2D eigenvalue weighted by Crippen LogP contribution is 2.22. The quantitative estimate of drug-likeness (QED) is 0.926. The van der Waals surface area contributed by atoms with Crippen LogP contribution >= 0.6 is 15.9 Å². The molecule has 1 aliphatic rings. The number of rotatable bonds is 3. The number of carbonyl (C=O) groups is 1. The van der Waals surface area contributed by atoms with E-state index >= 15 is 0 Å². The van der Waals surface area contributed by atoms with Crippen LogP contribution in [0.4, 0.5) is 0 Å². The molecule has 1 aromatic heterocycles. The van der Waals surface area contributed by atoms with E-state index < -0.39 is 0 Å². The minimum Gasteiger partial charge on any atom is -0.340 e. The molecule has 0 aliphatic carbocycles. The largest absolute Gasteiger partial charge is 0.340 e. The zero-order valence-electron chi connectivity index (χ0n) is 11.8. The predicted molar refractivity (Wildman–Crippen MR) is 80.5 cm³/mol. The van der Waals surface area contributed by atoms with Gasteiger partial charge in [-0.3, -0.25) is 4.79 Å². The van der Waals surface area contributed by atoms with Crippen molar-refractivity contribution in [1.29, 1.82) is 0 Å². The molecule has 1 aliphatic heterocycles. The van der Waals surface area contributed by atoms with E-state index in [-0.39, 0.29) is 11.9 Å². The number of piperidine rings is 1. The molecule has 0 aromatic carbocycles. The lowest BCUT2D eigenvalue weighted by molar-refractivity contribution is 0.0695. The number of carbonyl (C=O) groups excluding carboxylic acids is 1. The molecule has 5 heteroatoms. The molecular weight excluding hydrogens is 306 g/mol. The van der Waals surface area contributed by atoms with Crippen LogP contribution in [0.15, 0.2) is 16.7 Å². The van der Waals surface area contributed by atoms with Crippen molar-refractivity contribution in [2.45, 2.75) is 38.8 Å². The first-order valence-electron chi connectivity index (χ1n) is 6.86. The highest BCUT2D eigenvalue weighted by molar-refractivity contribution is 9.10. The van der Waals surface area contributed by atoms with E-state index in [0.29, 0.717) is 6.04 Å². The first kappa shape index (κ1) is 14.6. The van der Waals surface area contributed by atoms with Gasteiger partial charge in [-0.1, -0.05) is 0 Å². The molecule has 0 spiro atoms. The van der Waals surface area contributed by atoms with Gasteiger partial charge in [-0.15, -0.1) is 0 Å². The zero-order chi connectivity index (χ0) is 14.0. The fourth-order valence-electron chi connectivity index (χ4n) is 2.55. The van der Waals surface area contributed by atoms with Crippen molar-refractivity contribution in [2.75, 3.05) is 20.1 Å².